The van der Waals surface area contributed by atoms with E-state index in [1.165, 1.54) is 16.5 Å². The van der Waals surface area contributed by atoms with Gasteiger partial charge < -0.3 is 4.57 Å². The molecule has 0 aliphatic heterocycles. The number of carbonyl (C=O) groups is 1. The predicted molar refractivity (Wildman–Crippen MR) is 77.5 cm³/mol. The third kappa shape index (κ3) is 3.15. The smallest absolute Gasteiger partial charge is 0.233 e. The van der Waals surface area contributed by atoms with Gasteiger partial charge in [-0.2, -0.15) is 0 Å². The Kier molecular flexibility index (Phi) is 4.58. The van der Waals surface area contributed by atoms with Crippen LogP contribution in [-0.2, 0) is 17.8 Å². The van der Waals surface area contributed by atoms with Crippen LogP contribution in [0, 0.1) is 0 Å². The molecule has 0 radical (unpaired) electrons. The van der Waals surface area contributed by atoms with Crippen LogP contribution in [0.25, 0.3) is 10.9 Å². The van der Waals surface area contributed by atoms with Crippen molar-refractivity contribution in [3.8, 4) is 0 Å². The standard InChI is InChI=1S/C15H21N3O/c1-2-12-6-5-7-13-9-11-18(15(12)13)10-4-3-8-14(19)17-16/h5-7,9,11H,2-4,8,10,16H2,1H3,(H,17,19). The average Bonchev–Trinajstić information content (AvgIpc) is 2.86. The Balaban J connectivity index is 2.03. The zero-order chi connectivity index (χ0) is 13.7. The maximum absolute atomic E-state index is 11.0. The number of carbonyl (C=O) groups excluding carboxylic acids is 1. The molecule has 2 rings (SSSR count). The van der Waals surface area contributed by atoms with Gasteiger partial charge in [-0.05, 0) is 36.3 Å². The van der Waals surface area contributed by atoms with Gasteiger partial charge in [-0.25, -0.2) is 5.84 Å². The predicted octanol–water partition coefficient (Wildman–Crippen LogP) is 2.36. The van der Waals surface area contributed by atoms with Gasteiger partial charge in [0.25, 0.3) is 0 Å². The fourth-order valence-corrected chi connectivity index (χ4v) is 2.45. The Hall–Kier alpha value is -1.81. The SMILES string of the molecule is CCc1cccc2ccn(CCCCC(=O)NN)c12. The second-order valence-corrected chi connectivity index (χ2v) is 4.74. The second kappa shape index (κ2) is 6.38. The summed E-state index contributed by atoms with van der Waals surface area (Å²) in [7, 11) is 0. The van der Waals surface area contributed by atoms with Gasteiger partial charge in [0.1, 0.15) is 0 Å². The van der Waals surface area contributed by atoms with Gasteiger partial charge in [-0.15, -0.1) is 0 Å². The van der Waals surface area contributed by atoms with Gasteiger partial charge in [-0.1, -0.05) is 25.1 Å². The zero-order valence-corrected chi connectivity index (χ0v) is 11.4. The molecule has 0 saturated heterocycles. The molecule has 1 aromatic heterocycles. The van der Waals surface area contributed by atoms with Crippen LogP contribution in [0.3, 0.4) is 0 Å². The lowest BCUT2D eigenvalue weighted by molar-refractivity contribution is -0.121. The molecule has 0 spiro atoms. The van der Waals surface area contributed by atoms with E-state index in [1.54, 1.807) is 0 Å². The number of hydrogen-bond acceptors (Lipinski definition) is 2. The molecule has 1 aromatic carbocycles. The van der Waals surface area contributed by atoms with Gasteiger partial charge in [0.05, 0.1) is 5.52 Å². The minimum absolute atomic E-state index is 0.0911. The Labute approximate surface area is 113 Å². The molecule has 2 aromatic rings. The second-order valence-electron chi connectivity index (χ2n) is 4.74. The molecule has 0 atom stereocenters. The first-order valence-electron chi connectivity index (χ1n) is 6.82. The van der Waals surface area contributed by atoms with E-state index in [0.29, 0.717) is 6.42 Å². The lowest BCUT2D eigenvalue weighted by atomic mass is 10.1. The van der Waals surface area contributed by atoms with Crippen molar-refractivity contribution in [1.29, 1.82) is 0 Å². The van der Waals surface area contributed by atoms with Crippen molar-refractivity contribution in [2.75, 3.05) is 0 Å². The number of unbranched alkanes of at least 4 members (excludes halogenated alkanes) is 1. The molecule has 4 nitrogen and oxygen atoms in total. The van der Waals surface area contributed by atoms with Crippen LogP contribution in [0.1, 0.15) is 31.7 Å². The number of nitrogens with two attached hydrogens (primary N) is 1. The Morgan fingerprint density at radius 3 is 2.89 bits per heavy atom. The van der Waals surface area contributed by atoms with Gasteiger partial charge >= 0.3 is 0 Å². The fraction of sp³-hybridized carbons (Fsp3) is 0.400. The number of benzene rings is 1. The van der Waals surface area contributed by atoms with E-state index in [-0.39, 0.29) is 5.91 Å². The van der Waals surface area contributed by atoms with Crippen LogP contribution in [0.15, 0.2) is 30.5 Å². The summed E-state index contributed by atoms with van der Waals surface area (Å²) in [5, 5.41) is 1.29. The highest BCUT2D eigenvalue weighted by Gasteiger charge is 2.05. The van der Waals surface area contributed by atoms with Crippen molar-refractivity contribution in [1.82, 2.24) is 9.99 Å². The summed E-state index contributed by atoms with van der Waals surface area (Å²) < 4.78 is 2.29. The van der Waals surface area contributed by atoms with Crippen molar-refractivity contribution in [2.24, 2.45) is 5.84 Å². The minimum atomic E-state index is -0.0911. The van der Waals surface area contributed by atoms with Crippen LogP contribution in [0.4, 0.5) is 0 Å². The number of hydrazine groups is 1. The Morgan fingerprint density at radius 2 is 2.16 bits per heavy atom. The molecular formula is C15H21N3O. The lowest BCUT2D eigenvalue weighted by Gasteiger charge is -2.08. The fourth-order valence-electron chi connectivity index (χ4n) is 2.45. The molecular weight excluding hydrogens is 238 g/mol. The van der Waals surface area contributed by atoms with E-state index in [1.807, 2.05) is 0 Å². The number of rotatable bonds is 6. The van der Waals surface area contributed by atoms with Crippen molar-refractivity contribution in [2.45, 2.75) is 39.2 Å². The van der Waals surface area contributed by atoms with E-state index in [9.17, 15) is 4.79 Å². The van der Waals surface area contributed by atoms with E-state index in [4.69, 9.17) is 5.84 Å². The number of aryl methyl sites for hydroxylation is 2. The molecule has 0 fully saturated rings. The number of fused-ring (bicyclic) bond motifs is 1. The van der Waals surface area contributed by atoms with Crippen molar-refractivity contribution >= 4 is 16.8 Å². The highest BCUT2D eigenvalue weighted by Crippen LogP contribution is 2.21. The number of para-hydroxylation sites is 1. The zero-order valence-electron chi connectivity index (χ0n) is 11.4. The molecule has 3 N–H and O–H groups in total. The quantitative estimate of drug-likeness (QED) is 0.362. The summed E-state index contributed by atoms with van der Waals surface area (Å²) in [4.78, 5) is 11.0. The maximum atomic E-state index is 11.0. The summed E-state index contributed by atoms with van der Waals surface area (Å²) >= 11 is 0. The van der Waals surface area contributed by atoms with Crippen molar-refractivity contribution in [3.63, 3.8) is 0 Å². The van der Waals surface area contributed by atoms with Crippen molar-refractivity contribution < 1.29 is 4.79 Å². The van der Waals surface area contributed by atoms with Crippen molar-refractivity contribution in [3.05, 3.63) is 36.0 Å². The Morgan fingerprint density at radius 1 is 1.32 bits per heavy atom. The molecule has 19 heavy (non-hydrogen) atoms. The maximum Gasteiger partial charge on any atom is 0.233 e. The lowest BCUT2D eigenvalue weighted by Crippen LogP contribution is -2.29. The third-order valence-corrected chi connectivity index (χ3v) is 3.47. The first-order valence-corrected chi connectivity index (χ1v) is 6.82. The number of aromatic nitrogens is 1. The summed E-state index contributed by atoms with van der Waals surface area (Å²) in [6, 6.07) is 8.59. The Bertz CT molecular complexity index is 560. The molecule has 0 aliphatic carbocycles. The molecule has 0 bridgehead atoms. The van der Waals surface area contributed by atoms with Crippen LogP contribution in [0.5, 0.6) is 0 Å². The van der Waals surface area contributed by atoms with Gasteiger partial charge in [-0.3, -0.25) is 10.2 Å². The number of hydrogen-bond donors (Lipinski definition) is 2. The van der Waals surface area contributed by atoms with Crippen LogP contribution >= 0.6 is 0 Å². The van der Waals surface area contributed by atoms with Gasteiger partial charge in [0, 0.05) is 19.2 Å². The van der Waals surface area contributed by atoms with E-state index in [2.05, 4.69) is 47.4 Å². The topological polar surface area (TPSA) is 60.0 Å². The summed E-state index contributed by atoms with van der Waals surface area (Å²) in [5.41, 5.74) is 4.86. The normalized spacial score (nSPS) is 10.8. The van der Waals surface area contributed by atoms with Gasteiger partial charge in [0.15, 0.2) is 0 Å². The highest BCUT2D eigenvalue weighted by atomic mass is 16.2. The minimum Gasteiger partial charge on any atom is -0.347 e. The largest absolute Gasteiger partial charge is 0.347 e. The molecule has 0 saturated carbocycles. The third-order valence-electron chi connectivity index (χ3n) is 3.47. The first-order chi connectivity index (χ1) is 9.26. The molecule has 1 heterocycles. The van der Waals surface area contributed by atoms with E-state index >= 15 is 0 Å². The molecule has 0 aliphatic rings. The number of amides is 1. The highest BCUT2D eigenvalue weighted by molar-refractivity contribution is 5.83. The molecule has 4 heteroatoms. The molecule has 0 unspecified atom stereocenters. The number of nitrogens with one attached hydrogen (secondary N) is 1. The molecule has 102 valence electrons. The van der Waals surface area contributed by atoms with Crippen LogP contribution < -0.4 is 11.3 Å². The van der Waals surface area contributed by atoms with Crippen LogP contribution in [-0.4, -0.2) is 10.5 Å². The number of nitrogens with zero attached hydrogens (tertiary/aromatic N) is 1. The summed E-state index contributed by atoms with van der Waals surface area (Å²) in [6.45, 7) is 3.12. The molecule has 1 amide bonds. The summed E-state index contributed by atoms with van der Waals surface area (Å²) in [5.74, 6) is 4.97. The van der Waals surface area contributed by atoms with Gasteiger partial charge in [0.2, 0.25) is 5.91 Å². The van der Waals surface area contributed by atoms with E-state index in [0.717, 1.165) is 25.8 Å². The van der Waals surface area contributed by atoms with E-state index < -0.39 is 0 Å². The van der Waals surface area contributed by atoms with Crippen LogP contribution in [0.2, 0.25) is 0 Å². The average molecular weight is 259 g/mol. The summed E-state index contributed by atoms with van der Waals surface area (Å²) in [6.07, 6.45) is 5.51. The first kappa shape index (κ1) is 13.6. The monoisotopic (exact) mass is 259 g/mol.